The fraction of sp³-hybridized carbons (Fsp3) is 0.143. The highest BCUT2D eigenvalue weighted by Gasteiger charge is 2.17. The van der Waals surface area contributed by atoms with Crippen molar-refractivity contribution in [3.05, 3.63) is 76.8 Å². The van der Waals surface area contributed by atoms with Crippen molar-refractivity contribution in [2.45, 2.75) is 19.8 Å². The first-order valence-corrected chi connectivity index (χ1v) is 8.55. The van der Waals surface area contributed by atoms with Gasteiger partial charge in [0.15, 0.2) is 0 Å². The highest BCUT2D eigenvalue weighted by atomic mass is 35.5. The molecule has 3 aromatic rings. The summed E-state index contributed by atoms with van der Waals surface area (Å²) in [5, 5.41) is 5.38. The van der Waals surface area contributed by atoms with Crippen molar-refractivity contribution in [3.63, 3.8) is 0 Å². The van der Waals surface area contributed by atoms with Gasteiger partial charge in [-0.2, -0.15) is 0 Å². The Bertz CT molecular complexity index is 950. The molecule has 0 heterocycles. The largest absolute Gasteiger partial charge is 0.322 e. The van der Waals surface area contributed by atoms with Gasteiger partial charge >= 0.3 is 0 Å². The molecule has 4 heteroatoms. The predicted octanol–water partition coefficient (Wildman–Crippen LogP) is 5.27. The minimum Gasteiger partial charge on any atom is -0.322 e. The van der Waals surface area contributed by atoms with Gasteiger partial charge in [0.2, 0.25) is 0 Å². The monoisotopic (exact) mass is 351 g/mol. The Morgan fingerprint density at radius 1 is 0.960 bits per heavy atom. The summed E-state index contributed by atoms with van der Waals surface area (Å²) in [6, 6.07) is 18.9. The van der Waals surface area contributed by atoms with Crippen LogP contribution in [0, 0.1) is 0 Å². The van der Waals surface area contributed by atoms with Crippen molar-refractivity contribution < 1.29 is 9.59 Å². The molecule has 0 aliphatic carbocycles. The Labute approximate surface area is 151 Å². The van der Waals surface area contributed by atoms with Crippen LogP contribution in [0.25, 0.3) is 10.8 Å². The number of ketones is 1. The number of carbonyl (C=O) groups excluding carboxylic acids is 2. The molecule has 0 aromatic heterocycles. The number of anilines is 1. The van der Waals surface area contributed by atoms with Crippen LogP contribution in [0.5, 0.6) is 0 Å². The van der Waals surface area contributed by atoms with E-state index in [9.17, 15) is 9.59 Å². The minimum absolute atomic E-state index is 0.0713. The van der Waals surface area contributed by atoms with Crippen LogP contribution in [0.3, 0.4) is 0 Å². The lowest BCUT2D eigenvalue weighted by molar-refractivity contribution is -0.118. The summed E-state index contributed by atoms with van der Waals surface area (Å²) in [6.07, 6.45) is 0.635. The van der Waals surface area contributed by atoms with Gasteiger partial charge in [-0.3, -0.25) is 9.59 Å². The molecular formula is C21H18ClNO2. The molecule has 3 nitrogen and oxygen atoms in total. The third-order valence-electron chi connectivity index (χ3n) is 4.12. The molecule has 0 spiro atoms. The second-order valence-electron chi connectivity index (χ2n) is 5.86. The summed E-state index contributed by atoms with van der Waals surface area (Å²) in [5.41, 5.74) is 1.70. The maximum atomic E-state index is 12.8. The number of nitrogens with one attached hydrogen (secondary N) is 1. The van der Waals surface area contributed by atoms with Gasteiger partial charge in [0, 0.05) is 18.5 Å². The number of amides is 1. The SMILES string of the molecule is CCC(=O)Cc1cccc(Cl)c1C(=O)Nc1ccc2ccccc2c1. The predicted molar refractivity (Wildman–Crippen MR) is 102 cm³/mol. The molecule has 1 amide bonds. The molecule has 25 heavy (non-hydrogen) atoms. The van der Waals surface area contributed by atoms with Gasteiger partial charge < -0.3 is 5.32 Å². The van der Waals surface area contributed by atoms with Gasteiger partial charge in [0.1, 0.15) is 5.78 Å². The molecule has 3 aromatic carbocycles. The molecule has 0 radical (unpaired) electrons. The molecule has 0 unspecified atom stereocenters. The van der Waals surface area contributed by atoms with Gasteiger partial charge in [-0.1, -0.05) is 61.0 Å². The van der Waals surface area contributed by atoms with E-state index in [1.54, 1.807) is 18.2 Å². The fourth-order valence-electron chi connectivity index (χ4n) is 2.77. The van der Waals surface area contributed by atoms with Crippen molar-refractivity contribution in [2.24, 2.45) is 0 Å². The fourth-order valence-corrected chi connectivity index (χ4v) is 3.05. The molecule has 0 bridgehead atoms. The van der Waals surface area contributed by atoms with Crippen LogP contribution in [-0.4, -0.2) is 11.7 Å². The van der Waals surface area contributed by atoms with E-state index < -0.39 is 0 Å². The van der Waals surface area contributed by atoms with E-state index in [2.05, 4.69) is 5.32 Å². The van der Waals surface area contributed by atoms with Crippen molar-refractivity contribution in [1.29, 1.82) is 0 Å². The van der Waals surface area contributed by atoms with E-state index >= 15 is 0 Å². The van der Waals surface area contributed by atoms with Crippen molar-refractivity contribution in [2.75, 3.05) is 5.32 Å². The van der Waals surface area contributed by atoms with E-state index in [4.69, 9.17) is 11.6 Å². The summed E-state index contributed by atoms with van der Waals surface area (Å²) < 4.78 is 0. The van der Waals surface area contributed by atoms with E-state index in [1.165, 1.54) is 0 Å². The third kappa shape index (κ3) is 3.89. The molecule has 0 aliphatic heterocycles. The van der Waals surface area contributed by atoms with Gasteiger partial charge in [-0.25, -0.2) is 0 Å². The molecule has 0 aliphatic rings. The summed E-state index contributed by atoms with van der Waals surface area (Å²) in [6.45, 7) is 1.81. The summed E-state index contributed by atoms with van der Waals surface area (Å²) in [4.78, 5) is 24.6. The molecule has 0 saturated carbocycles. The number of hydrogen-bond acceptors (Lipinski definition) is 2. The zero-order valence-corrected chi connectivity index (χ0v) is 14.6. The first-order valence-electron chi connectivity index (χ1n) is 8.17. The average Bonchev–Trinajstić information content (AvgIpc) is 2.61. The van der Waals surface area contributed by atoms with Gasteiger partial charge in [0.25, 0.3) is 5.91 Å². The molecule has 0 fully saturated rings. The lowest BCUT2D eigenvalue weighted by Crippen LogP contribution is -2.16. The first-order chi connectivity index (χ1) is 12.1. The molecule has 3 rings (SSSR count). The maximum Gasteiger partial charge on any atom is 0.257 e. The summed E-state index contributed by atoms with van der Waals surface area (Å²) >= 11 is 6.24. The Morgan fingerprint density at radius 3 is 2.48 bits per heavy atom. The summed E-state index contributed by atoms with van der Waals surface area (Å²) in [7, 11) is 0. The van der Waals surface area contributed by atoms with Gasteiger partial charge in [0.05, 0.1) is 10.6 Å². The van der Waals surface area contributed by atoms with E-state index in [1.807, 2.05) is 49.4 Å². The summed E-state index contributed by atoms with van der Waals surface area (Å²) in [5.74, 6) is -0.234. The van der Waals surface area contributed by atoms with E-state index in [0.29, 0.717) is 28.3 Å². The minimum atomic E-state index is -0.306. The normalized spacial score (nSPS) is 10.6. The van der Waals surface area contributed by atoms with Gasteiger partial charge in [-0.05, 0) is 34.5 Å². The van der Waals surface area contributed by atoms with Gasteiger partial charge in [-0.15, -0.1) is 0 Å². The zero-order valence-electron chi connectivity index (χ0n) is 13.9. The second-order valence-corrected chi connectivity index (χ2v) is 6.27. The van der Waals surface area contributed by atoms with Crippen LogP contribution in [0.15, 0.2) is 60.7 Å². The lowest BCUT2D eigenvalue weighted by Gasteiger charge is -2.12. The number of rotatable bonds is 5. The third-order valence-corrected chi connectivity index (χ3v) is 4.43. The lowest BCUT2D eigenvalue weighted by atomic mass is 10.0. The highest BCUT2D eigenvalue weighted by Crippen LogP contribution is 2.24. The van der Waals surface area contributed by atoms with E-state index in [0.717, 1.165) is 10.8 Å². The molecule has 0 saturated heterocycles. The average molecular weight is 352 g/mol. The number of benzene rings is 3. The van der Waals surface area contributed by atoms with E-state index in [-0.39, 0.29) is 18.1 Å². The van der Waals surface area contributed by atoms with Crippen molar-refractivity contribution in [3.8, 4) is 0 Å². The van der Waals surface area contributed by atoms with Crippen molar-refractivity contribution in [1.82, 2.24) is 0 Å². The number of carbonyl (C=O) groups is 2. The van der Waals surface area contributed by atoms with Crippen LogP contribution < -0.4 is 5.32 Å². The second kappa shape index (κ2) is 7.49. The van der Waals surface area contributed by atoms with Crippen LogP contribution in [0.2, 0.25) is 5.02 Å². The standard InChI is InChI=1S/C21H18ClNO2/c1-2-18(24)13-16-8-5-9-19(22)20(16)21(25)23-17-11-10-14-6-3-4-7-15(14)12-17/h3-12H,2,13H2,1H3,(H,23,25). The van der Waals surface area contributed by atoms with Crippen molar-refractivity contribution >= 4 is 39.8 Å². The first kappa shape index (κ1) is 17.2. The molecule has 0 atom stereocenters. The number of Topliss-reactive ketones (excluding diaryl/α,β-unsaturated/α-hetero) is 1. The number of hydrogen-bond donors (Lipinski definition) is 1. The zero-order chi connectivity index (χ0) is 17.8. The Kier molecular flexibility index (Phi) is 5.15. The Hall–Kier alpha value is -2.65. The molecular weight excluding hydrogens is 334 g/mol. The molecule has 126 valence electrons. The number of fused-ring (bicyclic) bond motifs is 1. The van der Waals surface area contributed by atoms with Crippen LogP contribution in [-0.2, 0) is 11.2 Å². The van der Waals surface area contributed by atoms with Crippen LogP contribution in [0.4, 0.5) is 5.69 Å². The quantitative estimate of drug-likeness (QED) is 0.680. The van der Waals surface area contributed by atoms with Crippen LogP contribution in [0.1, 0.15) is 29.3 Å². The maximum absolute atomic E-state index is 12.8. The molecule has 1 N–H and O–H groups in total. The van der Waals surface area contributed by atoms with Crippen LogP contribution >= 0.6 is 11.6 Å². The Balaban J connectivity index is 1.90. The highest BCUT2D eigenvalue weighted by molar-refractivity contribution is 6.34. The Morgan fingerprint density at radius 2 is 1.72 bits per heavy atom. The topological polar surface area (TPSA) is 46.2 Å². The number of halogens is 1. The smallest absolute Gasteiger partial charge is 0.257 e.